The number of nitrogens with zero attached hydrogens (tertiary/aromatic N) is 1. The van der Waals surface area contributed by atoms with Gasteiger partial charge in [0.05, 0.1) is 10.6 Å². The van der Waals surface area contributed by atoms with E-state index in [0.29, 0.717) is 12.8 Å². The van der Waals surface area contributed by atoms with Gasteiger partial charge in [0.25, 0.3) is 5.91 Å². The number of halogens is 2. The van der Waals surface area contributed by atoms with E-state index in [1.54, 1.807) is 0 Å². The number of carbonyl (C=O) groups is 1. The zero-order chi connectivity index (χ0) is 13.5. The van der Waals surface area contributed by atoms with Crippen molar-refractivity contribution in [1.29, 1.82) is 0 Å². The standard InChI is InChI=1S/C11H13ClFN3O2/c12-7-3-1-4-8(13)10(7)11(17)15-6-2-5-9(14)16-18/h1,3-4,18H,2,5-6H2,(H2,14,16)(H,15,17). The average molecular weight is 274 g/mol. The predicted molar refractivity (Wildman–Crippen MR) is 66.4 cm³/mol. The van der Waals surface area contributed by atoms with E-state index in [1.165, 1.54) is 12.1 Å². The highest BCUT2D eigenvalue weighted by atomic mass is 35.5. The first kappa shape index (κ1) is 14.2. The normalized spacial score (nSPS) is 11.3. The van der Waals surface area contributed by atoms with Gasteiger partial charge in [-0.05, 0) is 18.6 Å². The third-order valence-electron chi connectivity index (χ3n) is 2.21. The Hall–Kier alpha value is -1.82. The summed E-state index contributed by atoms with van der Waals surface area (Å²) < 4.78 is 13.4. The maximum absolute atomic E-state index is 13.4. The molecule has 0 aliphatic carbocycles. The lowest BCUT2D eigenvalue weighted by Gasteiger charge is -2.07. The molecular weight excluding hydrogens is 261 g/mol. The zero-order valence-electron chi connectivity index (χ0n) is 9.49. The fourth-order valence-corrected chi connectivity index (χ4v) is 1.57. The number of rotatable bonds is 5. The molecule has 1 aromatic rings. The molecule has 0 aromatic heterocycles. The summed E-state index contributed by atoms with van der Waals surface area (Å²) in [6, 6.07) is 4.03. The summed E-state index contributed by atoms with van der Waals surface area (Å²) in [6.07, 6.45) is 0.815. The monoisotopic (exact) mass is 273 g/mol. The summed E-state index contributed by atoms with van der Waals surface area (Å²) in [7, 11) is 0. The van der Waals surface area contributed by atoms with Crippen LogP contribution >= 0.6 is 11.6 Å². The molecule has 7 heteroatoms. The van der Waals surface area contributed by atoms with Crippen LogP contribution in [-0.4, -0.2) is 23.5 Å². The van der Waals surface area contributed by atoms with E-state index in [0.717, 1.165) is 6.07 Å². The van der Waals surface area contributed by atoms with Crippen LogP contribution in [0.5, 0.6) is 0 Å². The minimum Gasteiger partial charge on any atom is -0.409 e. The Morgan fingerprint density at radius 2 is 2.28 bits per heavy atom. The molecule has 0 fully saturated rings. The summed E-state index contributed by atoms with van der Waals surface area (Å²) in [5.74, 6) is -1.18. The number of hydrogen-bond acceptors (Lipinski definition) is 3. The Labute approximate surface area is 108 Å². The fourth-order valence-electron chi connectivity index (χ4n) is 1.32. The van der Waals surface area contributed by atoms with Crippen LogP contribution in [0.25, 0.3) is 0 Å². The van der Waals surface area contributed by atoms with Gasteiger partial charge in [-0.2, -0.15) is 0 Å². The summed E-state index contributed by atoms with van der Waals surface area (Å²) >= 11 is 5.74. The van der Waals surface area contributed by atoms with Gasteiger partial charge >= 0.3 is 0 Å². The van der Waals surface area contributed by atoms with Crippen molar-refractivity contribution in [2.75, 3.05) is 6.54 Å². The van der Waals surface area contributed by atoms with Crippen molar-refractivity contribution in [3.8, 4) is 0 Å². The second kappa shape index (κ2) is 6.80. The SMILES string of the molecule is NC(CCCNC(=O)c1c(F)cccc1Cl)=NO. The van der Waals surface area contributed by atoms with Crippen molar-refractivity contribution in [3.63, 3.8) is 0 Å². The van der Waals surface area contributed by atoms with Crippen LogP contribution in [0.4, 0.5) is 4.39 Å². The summed E-state index contributed by atoms with van der Waals surface area (Å²) in [6.45, 7) is 0.277. The van der Waals surface area contributed by atoms with Gasteiger partial charge in [0.15, 0.2) is 0 Å². The first-order chi connectivity index (χ1) is 8.56. The van der Waals surface area contributed by atoms with Crippen molar-refractivity contribution in [2.24, 2.45) is 10.9 Å². The van der Waals surface area contributed by atoms with Gasteiger partial charge in [-0.3, -0.25) is 4.79 Å². The molecule has 0 bridgehead atoms. The van der Waals surface area contributed by atoms with Crippen molar-refractivity contribution < 1.29 is 14.4 Å². The molecule has 0 atom stereocenters. The number of hydrogen-bond donors (Lipinski definition) is 3. The van der Waals surface area contributed by atoms with Crippen LogP contribution in [-0.2, 0) is 0 Å². The molecule has 4 N–H and O–H groups in total. The maximum atomic E-state index is 13.4. The number of amidine groups is 1. The molecule has 0 radical (unpaired) electrons. The molecular formula is C11H13ClFN3O2. The van der Waals surface area contributed by atoms with Gasteiger partial charge in [-0.25, -0.2) is 4.39 Å². The van der Waals surface area contributed by atoms with Crippen molar-refractivity contribution >= 4 is 23.3 Å². The lowest BCUT2D eigenvalue weighted by atomic mass is 10.2. The second-order valence-corrected chi connectivity index (χ2v) is 3.95. The van der Waals surface area contributed by atoms with Gasteiger partial charge in [-0.1, -0.05) is 22.8 Å². The third-order valence-corrected chi connectivity index (χ3v) is 2.53. The number of benzene rings is 1. The van der Waals surface area contributed by atoms with Crippen LogP contribution in [0.15, 0.2) is 23.4 Å². The van der Waals surface area contributed by atoms with E-state index in [1.807, 2.05) is 0 Å². The van der Waals surface area contributed by atoms with Crippen LogP contribution in [0.1, 0.15) is 23.2 Å². The molecule has 0 saturated heterocycles. The average Bonchev–Trinajstić information content (AvgIpc) is 2.34. The van der Waals surface area contributed by atoms with E-state index in [2.05, 4.69) is 10.5 Å². The van der Waals surface area contributed by atoms with Crippen LogP contribution < -0.4 is 11.1 Å². The quantitative estimate of drug-likeness (QED) is 0.251. The van der Waals surface area contributed by atoms with Gasteiger partial charge < -0.3 is 16.3 Å². The molecule has 1 amide bonds. The lowest BCUT2D eigenvalue weighted by Crippen LogP contribution is -2.26. The molecule has 0 aliphatic heterocycles. The molecule has 0 spiro atoms. The topological polar surface area (TPSA) is 87.7 Å². The molecule has 0 unspecified atom stereocenters. The Morgan fingerprint density at radius 1 is 1.56 bits per heavy atom. The van der Waals surface area contributed by atoms with Crippen molar-refractivity contribution in [2.45, 2.75) is 12.8 Å². The maximum Gasteiger partial charge on any atom is 0.255 e. The molecule has 98 valence electrons. The van der Waals surface area contributed by atoms with Crippen molar-refractivity contribution in [3.05, 3.63) is 34.6 Å². The van der Waals surface area contributed by atoms with E-state index < -0.39 is 11.7 Å². The van der Waals surface area contributed by atoms with Gasteiger partial charge in [0, 0.05) is 13.0 Å². The van der Waals surface area contributed by atoms with E-state index in [9.17, 15) is 9.18 Å². The van der Waals surface area contributed by atoms with Crippen LogP contribution in [0.2, 0.25) is 5.02 Å². The summed E-state index contributed by atoms with van der Waals surface area (Å²) in [5.41, 5.74) is 5.08. The second-order valence-electron chi connectivity index (χ2n) is 3.55. The van der Waals surface area contributed by atoms with E-state index >= 15 is 0 Å². The molecule has 0 heterocycles. The minimum atomic E-state index is -0.670. The third kappa shape index (κ3) is 3.89. The fraction of sp³-hybridized carbons (Fsp3) is 0.273. The molecule has 18 heavy (non-hydrogen) atoms. The summed E-state index contributed by atoms with van der Waals surface area (Å²) in [5, 5.41) is 13.7. The van der Waals surface area contributed by atoms with E-state index in [-0.39, 0.29) is 23.0 Å². The molecule has 1 aromatic carbocycles. The highest BCUT2D eigenvalue weighted by Crippen LogP contribution is 2.18. The Morgan fingerprint density at radius 3 is 2.89 bits per heavy atom. The highest BCUT2D eigenvalue weighted by molar-refractivity contribution is 6.33. The minimum absolute atomic E-state index is 0.0592. The number of oxime groups is 1. The van der Waals surface area contributed by atoms with Gasteiger partial charge in [0.2, 0.25) is 0 Å². The Kier molecular flexibility index (Phi) is 5.38. The van der Waals surface area contributed by atoms with Crippen LogP contribution in [0.3, 0.4) is 0 Å². The number of nitrogens with two attached hydrogens (primary N) is 1. The predicted octanol–water partition coefficient (Wildman–Crippen LogP) is 1.74. The summed E-state index contributed by atoms with van der Waals surface area (Å²) in [4.78, 5) is 11.7. The van der Waals surface area contributed by atoms with Crippen molar-refractivity contribution in [1.82, 2.24) is 5.32 Å². The largest absolute Gasteiger partial charge is 0.409 e. The molecule has 0 aliphatic rings. The molecule has 1 rings (SSSR count). The zero-order valence-corrected chi connectivity index (χ0v) is 10.2. The Bertz CT molecular complexity index is 445. The molecule has 5 nitrogen and oxygen atoms in total. The van der Waals surface area contributed by atoms with Gasteiger partial charge in [-0.15, -0.1) is 0 Å². The molecule has 0 saturated carbocycles. The Balaban J connectivity index is 2.51. The smallest absolute Gasteiger partial charge is 0.255 e. The number of nitrogens with one attached hydrogen (secondary N) is 1. The first-order valence-electron chi connectivity index (χ1n) is 5.25. The van der Waals surface area contributed by atoms with E-state index in [4.69, 9.17) is 22.5 Å². The first-order valence-corrected chi connectivity index (χ1v) is 5.62. The lowest BCUT2D eigenvalue weighted by molar-refractivity contribution is 0.0949. The van der Waals surface area contributed by atoms with Crippen LogP contribution in [0, 0.1) is 5.82 Å². The number of carbonyl (C=O) groups excluding carboxylic acids is 1. The van der Waals surface area contributed by atoms with Gasteiger partial charge in [0.1, 0.15) is 11.7 Å². The number of amides is 1. The highest BCUT2D eigenvalue weighted by Gasteiger charge is 2.14.